The van der Waals surface area contributed by atoms with Gasteiger partial charge < -0.3 is 25.4 Å². The number of aliphatic hydroxyl groups excluding tert-OH is 3. The third-order valence-corrected chi connectivity index (χ3v) is 4.62. The molecule has 0 bridgehead atoms. The van der Waals surface area contributed by atoms with Crippen LogP contribution in [-0.2, 0) is 11.3 Å². The molecule has 0 saturated carbocycles. The van der Waals surface area contributed by atoms with E-state index in [2.05, 4.69) is 25.2 Å². The van der Waals surface area contributed by atoms with Crippen LogP contribution in [-0.4, -0.2) is 59.8 Å². The van der Waals surface area contributed by atoms with Crippen LogP contribution in [0.5, 0.6) is 5.75 Å². The Balaban J connectivity index is 1.56. The molecule has 1 fully saturated rings. The summed E-state index contributed by atoms with van der Waals surface area (Å²) < 4.78 is 19.1. The summed E-state index contributed by atoms with van der Waals surface area (Å²) in [4.78, 5) is 16.3. The largest absolute Gasteiger partial charge is 0.394 e. The first-order valence-corrected chi connectivity index (χ1v) is 8.53. The number of aliphatic hydroxyl groups is 3. The smallest absolute Gasteiger partial charge is 0.171 e. The van der Waals surface area contributed by atoms with Gasteiger partial charge in [-0.3, -0.25) is 9.51 Å². The Morgan fingerprint density at radius 3 is 2.61 bits per heavy atom. The normalized spacial score (nSPS) is 24.6. The van der Waals surface area contributed by atoms with Gasteiger partial charge in [-0.05, 0) is 17.7 Å². The van der Waals surface area contributed by atoms with Crippen molar-refractivity contribution in [3.05, 3.63) is 42.5 Å². The van der Waals surface area contributed by atoms with E-state index in [1.807, 2.05) is 0 Å². The first-order valence-electron chi connectivity index (χ1n) is 8.53. The van der Waals surface area contributed by atoms with Crippen LogP contribution in [0.4, 0.5) is 10.3 Å². The zero-order valence-electron chi connectivity index (χ0n) is 14.5. The lowest BCUT2D eigenvalue weighted by Gasteiger charge is -2.16. The van der Waals surface area contributed by atoms with E-state index < -0.39 is 31.1 Å². The maximum absolute atomic E-state index is 12.1. The summed E-state index contributed by atoms with van der Waals surface area (Å²) >= 11 is 0. The molecule has 0 unspecified atom stereocenters. The lowest BCUT2D eigenvalue weighted by atomic mass is 10.1. The highest BCUT2D eigenvalue weighted by Gasteiger charge is 2.44. The molecular formula is C17H18FN5O5. The van der Waals surface area contributed by atoms with Gasteiger partial charge in [0.2, 0.25) is 0 Å². The fraction of sp³-hybridized carbons (Fsp3) is 0.353. The molecule has 3 heterocycles. The van der Waals surface area contributed by atoms with Gasteiger partial charge in [0.25, 0.3) is 0 Å². The van der Waals surface area contributed by atoms with E-state index in [-0.39, 0.29) is 5.75 Å². The molecule has 10 nitrogen and oxygen atoms in total. The van der Waals surface area contributed by atoms with Crippen molar-refractivity contribution in [3.8, 4) is 5.75 Å². The number of rotatable bonds is 6. The highest BCUT2D eigenvalue weighted by atomic mass is 19.3. The van der Waals surface area contributed by atoms with Crippen molar-refractivity contribution >= 4 is 17.0 Å². The summed E-state index contributed by atoms with van der Waals surface area (Å²) in [6.45, 7) is -0.0191. The number of halogens is 1. The summed E-state index contributed by atoms with van der Waals surface area (Å²) in [5.74, 6) is 0.576. The van der Waals surface area contributed by atoms with E-state index >= 15 is 0 Å². The van der Waals surface area contributed by atoms with E-state index in [1.165, 1.54) is 29.4 Å². The van der Waals surface area contributed by atoms with Crippen LogP contribution in [0.15, 0.2) is 36.9 Å². The second-order valence-corrected chi connectivity index (χ2v) is 6.35. The monoisotopic (exact) mass is 391 g/mol. The predicted octanol–water partition coefficient (Wildman–Crippen LogP) is 0.313. The van der Waals surface area contributed by atoms with Gasteiger partial charge in [-0.2, -0.15) is 0 Å². The minimum absolute atomic E-state index is 0.116. The Kier molecular flexibility index (Phi) is 5.05. The van der Waals surface area contributed by atoms with E-state index in [9.17, 15) is 19.8 Å². The van der Waals surface area contributed by atoms with Crippen LogP contribution < -0.4 is 10.3 Å². The molecule has 1 aromatic carbocycles. The summed E-state index contributed by atoms with van der Waals surface area (Å²) in [6, 6.07) is 6.42. The fourth-order valence-corrected chi connectivity index (χ4v) is 3.12. The second-order valence-electron chi connectivity index (χ2n) is 6.35. The maximum Gasteiger partial charge on any atom is 0.171 e. The molecule has 3 aromatic rings. The summed E-state index contributed by atoms with van der Waals surface area (Å²) in [7, 11) is 0. The third kappa shape index (κ3) is 3.24. The standard InChI is InChI=1S/C17H18FN5O5/c18-28-10-3-1-9(2-4-10)5-19-15-12-16(21-7-20-15)23(8-22-12)17-14(26)13(25)11(6-24)27-17/h1-4,7-8,11,13-14,17,24-26H,5-6H2,(H,19,20,21)/t11-,13-,14-,17-/m1/s1. The highest BCUT2D eigenvalue weighted by molar-refractivity contribution is 5.82. The van der Waals surface area contributed by atoms with E-state index in [0.29, 0.717) is 23.5 Å². The second kappa shape index (κ2) is 7.64. The minimum Gasteiger partial charge on any atom is -0.394 e. The molecule has 0 radical (unpaired) electrons. The zero-order chi connectivity index (χ0) is 19.7. The van der Waals surface area contributed by atoms with Crippen LogP contribution in [0.1, 0.15) is 11.8 Å². The number of nitrogens with zero attached hydrogens (tertiary/aromatic N) is 4. The van der Waals surface area contributed by atoms with Crippen molar-refractivity contribution in [3.63, 3.8) is 0 Å². The van der Waals surface area contributed by atoms with E-state index in [1.54, 1.807) is 12.1 Å². The number of anilines is 1. The molecule has 4 rings (SSSR count). The Morgan fingerprint density at radius 2 is 1.93 bits per heavy atom. The van der Waals surface area contributed by atoms with Gasteiger partial charge in [0.1, 0.15) is 24.6 Å². The summed E-state index contributed by atoms with van der Waals surface area (Å²) in [5, 5.41) is 32.6. The topological polar surface area (TPSA) is 135 Å². The number of hydrogen-bond donors (Lipinski definition) is 4. The van der Waals surface area contributed by atoms with Crippen LogP contribution >= 0.6 is 0 Å². The van der Waals surface area contributed by atoms with Gasteiger partial charge in [0, 0.05) is 11.1 Å². The van der Waals surface area contributed by atoms with Crippen LogP contribution in [0.2, 0.25) is 0 Å². The molecule has 1 saturated heterocycles. The number of nitrogens with one attached hydrogen (secondary N) is 1. The molecule has 11 heteroatoms. The van der Waals surface area contributed by atoms with Gasteiger partial charge in [0.15, 0.2) is 29.0 Å². The zero-order valence-corrected chi connectivity index (χ0v) is 14.5. The molecule has 148 valence electrons. The summed E-state index contributed by atoms with van der Waals surface area (Å²) in [6.07, 6.45) is -1.52. The Hall–Kier alpha value is -2.86. The number of ether oxygens (including phenoxy) is 1. The van der Waals surface area contributed by atoms with Crippen LogP contribution in [0.25, 0.3) is 11.2 Å². The third-order valence-electron chi connectivity index (χ3n) is 4.62. The summed E-state index contributed by atoms with van der Waals surface area (Å²) in [5.41, 5.74) is 1.72. The van der Waals surface area contributed by atoms with Gasteiger partial charge in [-0.1, -0.05) is 12.1 Å². The van der Waals surface area contributed by atoms with Gasteiger partial charge in [-0.25, -0.2) is 15.0 Å². The highest BCUT2D eigenvalue weighted by Crippen LogP contribution is 2.32. The molecule has 0 amide bonds. The first-order chi connectivity index (χ1) is 13.6. The molecular weight excluding hydrogens is 373 g/mol. The molecule has 2 aromatic heterocycles. The number of aromatic nitrogens is 4. The Labute approximate surface area is 158 Å². The number of hydrogen-bond acceptors (Lipinski definition) is 9. The lowest BCUT2D eigenvalue weighted by molar-refractivity contribution is -0.0511. The Morgan fingerprint density at radius 1 is 1.14 bits per heavy atom. The number of fused-ring (bicyclic) bond motifs is 1. The molecule has 1 aliphatic rings. The average molecular weight is 391 g/mol. The quantitative estimate of drug-likeness (QED) is 0.468. The molecule has 0 spiro atoms. The van der Waals surface area contributed by atoms with Crippen LogP contribution in [0, 0.1) is 0 Å². The van der Waals surface area contributed by atoms with Crippen molar-refractivity contribution in [1.82, 2.24) is 19.5 Å². The van der Waals surface area contributed by atoms with Gasteiger partial charge in [-0.15, -0.1) is 0 Å². The minimum atomic E-state index is -1.24. The van der Waals surface area contributed by atoms with Crippen LogP contribution in [0.3, 0.4) is 0 Å². The Bertz CT molecular complexity index is 953. The molecule has 4 N–H and O–H groups in total. The fourth-order valence-electron chi connectivity index (χ4n) is 3.12. The lowest BCUT2D eigenvalue weighted by Crippen LogP contribution is -2.33. The average Bonchev–Trinajstić information content (AvgIpc) is 3.28. The van der Waals surface area contributed by atoms with Gasteiger partial charge in [0.05, 0.1) is 12.9 Å². The van der Waals surface area contributed by atoms with E-state index in [0.717, 1.165) is 5.56 Å². The van der Waals surface area contributed by atoms with Crippen molar-refractivity contribution in [2.75, 3.05) is 11.9 Å². The SMILES string of the molecule is OC[C@H]1O[C@@H](n2cnc3c(NCc4ccc(OF)cc4)ncnc32)[C@H](O)[C@@H]1O. The van der Waals surface area contributed by atoms with Crippen molar-refractivity contribution < 1.29 is 29.5 Å². The molecule has 1 aliphatic heterocycles. The molecule has 0 aliphatic carbocycles. The molecule has 28 heavy (non-hydrogen) atoms. The number of imidazole rings is 1. The first kappa shape index (κ1) is 18.5. The van der Waals surface area contributed by atoms with Crippen molar-refractivity contribution in [2.24, 2.45) is 0 Å². The number of benzene rings is 1. The van der Waals surface area contributed by atoms with Crippen molar-refractivity contribution in [1.29, 1.82) is 0 Å². The van der Waals surface area contributed by atoms with Crippen molar-refractivity contribution in [2.45, 2.75) is 31.1 Å². The predicted molar refractivity (Wildman–Crippen MR) is 93.8 cm³/mol. The van der Waals surface area contributed by atoms with Gasteiger partial charge >= 0.3 is 0 Å². The molecule has 4 atom stereocenters. The maximum atomic E-state index is 12.1. The van der Waals surface area contributed by atoms with E-state index in [4.69, 9.17) is 4.74 Å².